The molecule has 196 valence electrons. The number of rotatable bonds is 8. The minimum absolute atomic E-state index is 0.0543. The van der Waals surface area contributed by atoms with E-state index in [0.29, 0.717) is 29.0 Å². The maximum Gasteiger partial charge on any atom is 0.353 e. The second kappa shape index (κ2) is 11.5. The number of nitrogens with zero attached hydrogens (tertiary/aromatic N) is 3. The summed E-state index contributed by atoms with van der Waals surface area (Å²) in [6.07, 6.45) is 0.937. The van der Waals surface area contributed by atoms with Gasteiger partial charge < -0.3 is 26.0 Å². The van der Waals surface area contributed by atoms with Gasteiger partial charge in [-0.1, -0.05) is 0 Å². The molecule has 0 radical (unpaired) electrons. The van der Waals surface area contributed by atoms with Gasteiger partial charge in [-0.3, -0.25) is 19.5 Å². The minimum atomic E-state index is -1.10. The number of amides is 1. The molecule has 4 heterocycles. The summed E-state index contributed by atoms with van der Waals surface area (Å²) in [5, 5.41) is 28.8. The molecule has 6 atom stereocenters. The number of aliphatic hydroxyl groups is 1. The lowest BCUT2D eigenvalue weighted by Crippen LogP contribution is -2.61. The zero-order chi connectivity index (χ0) is 26.1. The summed E-state index contributed by atoms with van der Waals surface area (Å²) in [6, 6.07) is -0.603. The molecule has 0 saturated carbocycles. The molecular weight excluding hydrogens is 533 g/mol. The van der Waals surface area contributed by atoms with Crippen molar-refractivity contribution in [1.29, 1.82) is 0 Å². The second-order valence-corrected chi connectivity index (χ2v) is 13.7. The second-order valence-electron chi connectivity index (χ2n) is 9.06. The van der Waals surface area contributed by atoms with Crippen molar-refractivity contribution in [3.05, 3.63) is 10.6 Å². The Labute approximate surface area is 222 Å². The molecule has 0 aromatic carbocycles. The van der Waals surface area contributed by atoms with E-state index >= 15 is 0 Å². The highest BCUT2D eigenvalue weighted by Gasteiger charge is 2.57. The van der Waals surface area contributed by atoms with Crippen LogP contribution < -0.4 is 5.73 Å². The van der Waals surface area contributed by atoms with Crippen molar-refractivity contribution < 1.29 is 29.7 Å². The molecule has 0 spiro atoms. The van der Waals surface area contributed by atoms with Crippen molar-refractivity contribution in [2.75, 3.05) is 23.8 Å². The number of carbonyl (C=O) groups is 3. The maximum absolute atomic E-state index is 11.9. The van der Waals surface area contributed by atoms with Gasteiger partial charge in [-0.05, 0) is 20.8 Å². The fourth-order valence-corrected chi connectivity index (χ4v) is 9.67. The minimum Gasteiger partial charge on any atom is -0.480 e. The highest BCUT2D eigenvalue weighted by atomic mass is 32.2. The molecule has 3 saturated heterocycles. The fourth-order valence-electron chi connectivity index (χ4n) is 4.98. The topological polar surface area (TPSA) is 157 Å². The molecule has 4 aliphatic rings. The molecule has 0 aliphatic carbocycles. The van der Waals surface area contributed by atoms with Crippen LogP contribution in [0.1, 0.15) is 27.2 Å². The van der Waals surface area contributed by atoms with E-state index in [4.69, 9.17) is 5.73 Å². The number of aliphatic hydroxyl groups excluding tert-OH is 1. The number of aliphatic imine (C=N–C) groups is 1. The van der Waals surface area contributed by atoms with Crippen molar-refractivity contribution >= 4 is 72.1 Å². The highest BCUT2D eigenvalue weighted by molar-refractivity contribution is 8.05. The van der Waals surface area contributed by atoms with Crippen LogP contribution in [-0.4, -0.2) is 107 Å². The predicted octanol–water partition coefficient (Wildman–Crippen LogP) is 1.21. The van der Waals surface area contributed by atoms with Gasteiger partial charge in [0.1, 0.15) is 11.7 Å². The van der Waals surface area contributed by atoms with Crippen LogP contribution >= 0.6 is 47.9 Å². The predicted molar refractivity (Wildman–Crippen MR) is 144 cm³/mol. The standard InChI is InChI=1S/C12H17N3O4S.C9H15NO2S3/c1-6(16)9-7-4-8(20-3-2-14-5-13)10(12(18)19)15(7)11(9)17;1-9(2)7(8(11)12)10-5(3-13)14-4-6(10)15-9/h5-7,9,16H,2-4H2,1H3,(H2,13,14)(H,18,19);5-7,13H,3-4H2,1-2H3,(H,11,12)/t6-,7-,9-;5-,6+,7-/m11/s1. The number of hydrogen-bond acceptors (Lipinski definition) is 10. The van der Waals surface area contributed by atoms with Gasteiger partial charge in [0.05, 0.1) is 41.7 Å². The number of hydrogen-bond donors (Lipinski definition) is 5. The SMILES string of the molecule is CC1(C)S[C@H]2CS[C@H](CS)N2[C@@H]1C(=O)O.C[C@@H](O)[C@H]1C(=O)N2C(C(=O)O)=C(SCCN=CN)C[C@H]12. The first-order valence-corrected chi connectivity index (χ1v) is 14.7. The Bertz CT molecular complexity index is 914. The fraction of sp³-hybridized carbons (Fsp3) is 0.714. The van der Waals surface area contributed by atoms with E-state index in [0.717, 1.165) is 11.5 Å². The van der Waals surface area contributed by atoms with Gasteiger partial charge in [0.15, 0.2) is 0 Å². The van der Waals surface area contributed by atoms with E-state index in [-0.39, 0.29) is 33.8 Å². The van der Waals surface area contributed by atoms with E-state index in [1.807, 2.05) is 25.6 Å². The Balaban J connectivity index is 0.000000203. The van der Waals surface area contributed by atoms with E-state index in [1.165, 1.54) is 23.0 Å². The molecular formula is C21H32N4O6S4. The Hall–Kier alpha value is -1.06. The maximum atomic E-state index is 11.9. The van der Waals surface area contributed by atoms with E-state index in [2.05, 4.69) is 22.5 Å². The summed E-state index contributed by atoms with van der Waals surface area (Å²) >= 11 is 9.28. The van der Waals surface area contributed by atoms with Crippen molar-refractivity contribution in [3.63, 3.8) is 0 Å². The molecule has 4 rings (SSSR count). The number of carbonyl (C=O) groups excluding carboxylic acids is 1. The molecule has 10 nitrogen and oxygen atoms in total. The number of thioether (sulfide) groups is 3. The van der Waals surface area contributed by atoms with Gasteiger partial charge >= 0.3 is 11.9 Å². The molecule has 0 bridgehead atoms. The van der Waals surface area contributed by atoms with Crippen molar-refractivity contribution in [2.24, 2.45) is 16.6 Å². The zero-order valence-electron chi connectivity index (χ0n) is 19.7. The van der Waals surface area contributed by atoms with Gasteiger partial charge in [0.2, 0.25) is 5.91 Å². The quantitative estimate of drug-likeness (QED) is 0.0949. The monoisotopic (exact) mass is 564 g/mol. The average molecular weight is 565 g/mol. The number of thiol groups is 1. The number of β-lactam (4-membered cyclic amide) rings is 1. The number of fused-ring (bicyclic) bond motifs is 2. The highest BCUT2D eigenvalue weighted by Crippen LogP contribution is 2.51. The number of nitrogens with two attached hydrogens (primary N) is 1. The summed E-state index contributed by atoms with van der Waals surface area (Å²) in [6.45, 7) is 6.10. The first kappa shape index (κ1) is 28.5. The molecule has 3 fully saturated rings. The number of carboxylic acid groups (broad SMARTS) is 2. The van der Waals surface area contributed by atoms with Gasteiger partial charge in [-0.2, -0.15) is 12.6 Å². The molecule has 4 aliphatic heterocycles. The zero-order valence-corrected chi connectivity index (χ0v) is 23.1. The van der Waals surface area contributed by atoms with Crippen LogP contribution in [0.3, 0.4) is 0 Å². The van der Waals surface area contributed by atoms with Crippen LogP contribution in [0.5, 0.6) is 0 Å². The van der Waals surface area contributed by atoms with Crippen molar-refractivity contribution in [3.8, 4) is 0 Å². The van der Waals surface area contributed by atoms with Gasteiger partial charge in [-0.15, -0.1) is 35.3 Å². The average Bonchev–Trinajstić information content (AvgIpc) is 3.37. The third-order valence-corrected chi connectivity index (χ3v) is 11.1. The molecule has 14 heteroatoms. The first-order chi connectivity index (χ1) is 16.5. The van der Waals surface area contributed by atoms with Crippen LogP contribution in [0.2, 0.25) is 0 Å². The van der Waals surface area contributed by atoms with Crippen LogP contribution in [0.4, 0.5) is 0 Å². The van der Waals surface area contributed by atoms with Crippen LogP contribution in [0.25, 0.3) is 0 Å². The van der Waals surface area contributed by atoms with Gasteiger partial charge in [0.25, 0.3) is 0 Å². The Morgan fingerprint density at radius 1 is 1.40 bits per heavy atom. The molecule has 0 aromatic heterocycles. The number of carboxylic acids is 2. The molecule has 0 unspecified atom stereocenters. The molecule has 0 aromatic rings. The lowest BCUT2D eigenvalue weighted by molar-refractivity contribution is -0.161. The lowest BCUT2D eigenvalue weighted by Gasteiger charge is -2.44. The van der Waals surface area contributed by atoms with E-state index in [9.17, 15) is 29.7 Å². The van der Waals surface area contributed by atoms with Crippen LogP contribution in [-0.2, 0) is 14.4 Å². The summed E-state index contributed by atoms with van der Waals surface area (Å²) in [7, 11) is 0. The third-order valence-electron chi connectivity index (χ3n) is 6.38. The smallest absolute Gasteiger partial charge is 0.353 e. The summed E-state index contributed by atoms with van der Waals surface area (Å²) in [4.78, 5) is 42.6. The first-order valence-electron chi connectivity index (χ1n) is 11.2. The van der Waals surface area contributed by atoms with Crippen LogP contribution in [0, 0.1) is 5.92 Å². The summed E-state index contributed by atoms with van der Waals surface area (Å²) in [5.74, 6) is -0.264. The molecule has 5 N–H and O–H groups in total. The van der Waals surface area contributed by atoms with E-state index < -0.39 is 24.0 Å². The Kier molecular flexibility index (Phi) is 9.41. The largest absolute Gasteiger partial charge is 0.480 e. The van der Waals surface area contributed by atoms with Crippen LogP contribution in [0.15, 0.2) is 15.6 Å². The normalized spacial score (nSPS) is 32.2. The molecule has 1 amide bonds. The van der Waals surface area contributed by atoms with Crippen molar-refractivity contribution in [1.82, 2.24) is 9.80 Å². The Morgan fingerprint density at radius 3 is 2.63 bits per heavy atom. The summed E-state index contributed by atoms with van der Waals surface area (Å²) < 4.78 is -0.196. The third kappa shape index (κ3) is 5.61. The Morgan fingerprint density at radius 2 is 2.09 bits per heavy atom. The van der Waals surface area contributed by atoms with E-state index in [1.54, 1.807) is 18.7 Å². The van der Waals surface area contributed by atoms with Gasteiger partial charge in [-0.25, -0.2) is 4.79 Å². The number of aliphatic carboxylic acids is 2. The lowest BCUT2D eigenvalue weighted by atomic mass is 9.83. The summed E-state index contributed by atoms with van der Waals surface area (Å²) in [5.41, 5.74) is 5.19. The van der Waals surface area contributed by atoms with Crippen molar-refractivity contribution in [2.45, 2.75) is 60.9 Å². The van der Waals surface area contributed by atoms with Gasteiger partial charge in [0, 0.05) is 33.3 Å². The molecule has 35 heavy (non-hydrogen) atoms.